The summed E-state index contributed by atoms with van der Waals surface area (Å²) in [5.41, 5.74) is 0.595. The molecule has 2 nitrogen and oxygen atoms in total. The van der Waals surface area contributed by atoms with Crippen molar-refractivity contribution in [1.29, 1.82) is 0 Å². The molecule has 1 aromatic heterocycles. The van der Waals surface area contributed by atoms with Crippen molar-refractivity contribution in [3.05, 3.63) is 30.2 Å². The van der Waals surface area contributed by atoms with Crippen molar-refractivity contribution in [2.45, 2.75) is 0 Å². The summed E-state index contributed by atoms with van der Waals surface area (Å²) in [5.74, 6) is 0. The van der Waals surface area contributed by atoms with Crippen LogP contribution in [0.2, 0.25) is 5.15 Å². The summed E-state index contributed by atoms with van der Waals surface area (Å²) in [4.78, 5) is 7.49. The third-order valence-electron chi connectivity index (χ3n) is 0.655. The van der Waals surface area contributed by atoms with Crippen LogP contribution in [-0.4, -0.2) is 9.97 Å². The summed E-state index contributed by atoms with van der Waals surface area (Å²) >= 11 is 5.43. The molecule has 0 aliphatic heterocycles. The third-order valence-corrected chi connectivity index (χ3v) is 0.837. The molecule has 0 aliphatic carbocycles. The summed E-state index contributed by atoms with van der Waals surface area (Å²) in [7, 11) is 0. The fraction of sp³-hybridized carbons (Fsp3) is 0. The van der Waals surface area contributed by atoms with Gasteiger partial charge in [-0.05, 0) is 6.92 Å². The highest BCUT2D eigenvalue weighted by Crippen LogP contribution is 1.99. The Morgan fingerprint density at radius 3 is 2.62 bits per heavy atom. The van der Waals surface area contributed by atoms with E-state index in [-0.39, 0.29) is 0 Å². The Bertz CT molecular complexity index is 170. The van der Waals surface area contributed by atoms with Gasteiger partial charge in [0.05, 0.1) is 11.9 Å². The zero-order valence-electron chi connectivity index (χ0n) is 4.13. The van der Waals surface area contributed by atoms with E-state index in [0.717, 1.165) is 0 Å². The summed E-state index contributed by atoms with van der Waals surface area (Å²) in [6, 6.07) is 0. The lowest BCUT2D eigenvalue weighted by molar-refractivity contribution is 1.16. The van der Waals surface area contributed by atoms with Gasteiger partial charge in [0.2, 0.25) is 0 Å². The Hall–Kier alpha value is -0.630. The second-order valence-corrected chi connectivity index (χ2v) is 1.72. The average Bonchev–Trinajstić information content (AvgIpc) is 1.64. The number of rotatable bonds is 0. The minimum Gasteiger partial charge on any atom is -0.260 e. The van der Waals surface area contributed by atoms with E-state index in [1.807, 2.05) is 0 Å². The van der Waals surface area contributed by atoms with Gasteiger partial charge in [0.25, 0.3) is 0 Å². The summed E-state index contributed by atoms with van der Waals surface area (Å²) in [6.07, 6.45) is 3.02. The minimum atomic E-state index is 0.387. The highest BCUT2D eigenvalue weighted by Gasteiger charge is 1.85. The minimum absolute atomic E-state index is 0.387. The van der Waals surface area contributed by atoms with Crippen molar-refractivity contribution in [3.63, 3.8) is 0 Å². The Morgan fingerprint density at radius 1 is 1.50 bits per heavy atom. The molecule has 0 bridgehead atoms. The van der Waals surface area contributed by atoms with Crippen LogP contribution < -0.4 is 0 Å². The molecule has 0 N–H and O–H groups in total. The molecular weight excluding hydrogens is 124 g/mol. The highest BCUT2D eigenvalue weighted by molar-refractivity contribution is 6.29. The van der Waals surface area contributed by atoms with E-state index in [2.05, 4.69) is 16.9 Å². The van der Waals surface area contributed by atoms with E-state index in [1.54, 1.807) is 6.20 Å². The smallest absolute Gasteiger partial charge is 0.147 e. The number of hydrogen-bond donors (Lipinski definition) is 0. The monoisotopic (exact) mass is 127 g/mol. The lowest BCUT2D eigenvalue weighted by Gasteiger charge is -1.87. The topological polar surface area (TPSA) is 25.8 Å². The van der Waals surface area contributed by atoms with Crippen LogP contribution in [0.25, 0.3) is 0 Å². The van der Waals surface area contributed by atoms with Gasteiger partial charge in [-0.15, -0.1) is 0 Å². The fourth-order valence-electron chi connectivity index (χ4n) is 0.380. The molecule has 0 atom stereocenters. The molecule has 0 saturated carbocycles. The molecular formula is C5H4ClN2. The molecule has 8 heavy (non-hydrogen) atoms. The van der Waals surface area contributed by atoms with Crippen molar-refractivity contribution in [1.82, 2.24) is 9.97 Å². The summed E-state index contributed by atoms with van der Waals surface area (Å²) in [6.45, 7) is 3.52. The largest absolute Gasteiger partial charge is 0.260 e. The first-order valence-corrected chi connectivity index (χ1v) is 2.46. The molecule has 0 aromatic carbocycles. The number of nitrogens with zero attached hydrogens (tertiary/aromatic N) is 2. The number of hydrogen-bond acceptors (Lipinski definition) is 2. The zero-order valence-corrected chi connectivity index (χ0v) is 4.89. The molecule has 1 radical (unpaired) electrons. The van der Waals surface area contributed by atoms with E-state index < -0.39 is 0 Å². The van der Waals surface area contributed by atoms with Gasteiger partial charge in [-0.1, -0.05) is 11.6 Å². The first kappa shape index (κ1) is 5.51. The molecule has 41 valence electrons. The van der Waals surface area contributed by atoms with Gasteiger partial charge in [0.1, 0.15) is 5.15 Å². The molecule has 1 heterocycles. The van der Waals surface area contributed by atoms with E-state index in [4.69, 9.17) is 11.6 Å². The molecule has 0 amide bonds. The Labute approximate surface area is 52.5 Å². The van der Waals surface area contributed by atoms with Gasteiger partial charge in [-0.25, -0.2) is 4.98 Å². The molecule has 1 aromatic rings. The van der Waals surface area contributed by atoms with Crippen LogP contribution in [0, 0.1) is 6.92 Å². The van der Waals surface area contributed by atoms with Gasteiger partial charge < -0.3 is 0 Å². The van der Waals surface area contributed by atoms with Crippen LogP contribution in [0.1, 0.15) is 5.69 Å². The Kier molecular flexibility index (Phi) is 1.44. The van der Waals surface area contributed by atoms with E-state index in [9.17, 15) is 0 Å². The van der Waals surface area contributed by atoms with Crippen LogP contribution >= 0.6 is 11.6 Å². The van der Waals surface area contributed by atoms with Crippen molar-refractivity contribution >= 4 is 11.6 Å². The Balaban J connectivity index is 3.08. The van der Waals surface area contributed by atoms with Gasteiger partial charge in [-0.2, -0.15) is 0 Å². The maximum atomic E-state index is 5.43. The van der Waals surface area contributed by atoms with E-state index in [1.165, 1.54) is 6.20 Å². The standard InChI is InChI=1S/C5H4ClN2/c1-4-2-7-3-5(6)8-4/h2-3H,1H2. The highest BCUT2D eigenvalue weighted by atomic mass is 35.5. The van der Waals surface area contributed by atoms with Gasteiger partial charge in [-0.3, -0.25) is 4.98 Å². The number of halogens is 1. The van der Waals surface area contributed by atoms with Crippen LogP contribution in [0.5, 0.6) is 0 Å². The maximum absolute atomic E-state index is 5.43. The molecule has 3 heteroatoms. The first-order chi connectivity index (χ1) is 3.79. The number of aromatic nitrogens is 2. The third kappa shape index (κ3) is 1.17. The molecule has 0 aliphatic rings. The van der Waals surface area contributed by atoms with E-state index in [0.29, 0.717) is 10.8 Å². The van der Waals surface area contributed by atoms with Crippen molar-refractivity contribution in [3.8, 4) is 0 Å². The molecule has 1 rings (SSSR count). The van der Waals surface area contributed by atoms with Crippen molar-refractivity contribution in [2.24, 2.45) is 0 Å². The van der Waals surface area contributed by atoms with Crippen LogP contribution in [0.3, 0.4) is 0 Å². The lowest BCUT2D eigenvalue weighted by atomic mass is 10.5. The summed E-state index contributed by atoms with van der Waals surface area (Å²) < 4.78 is 0. The molecule has 0 spiro atoms. The van der Waals surface area contributed by atoms with Crippen LogP contribution in [0.4, 0.5) is 0 Å². The lowest BCUT2D eigenvalue weighted by Crippen LogP contribution is -1.81. The molecule has 0 unspecified atom stereocenters. The van der Waals surface area contributed by atoms with Crippen molar-refractivity contribution < 1.29 is 0 Å². The van der Waals surface area contributed by atoms with Gasteiger partial charge in [0, 0.05) is 6.20 Å². The fourth-order valence-corrected chi connectivity index (χ4v) is 0.545. The average molecular weight is 128 g/mol. The maximum Gasteiger partial charge on any atom is 0.147 e. The van der Waals surface area contributed by atoms with Crippen LogP contribution in [0.15, 0.2) is 12.4 Å². The quantitative estimate of drug-likeness (QED) is 0.525. The zero-order chi connectivity index (χ0) is 5.98. The summed E-state index contributed by atoms with van der Waals surface area (Å²) in [5, 5.41) is 0.387. The van der Waals surface area contributed by atoms with Crippen molar-refractivity contribution in [2.75, 3.05) is 0 Å². The SMILES string of the molecule is [CH2]c1cncc(Cl)n1. The van der Waals surface area contributed by atoms with Crippen LogP contribution in [-0.2, 0) is 0 Å². The Morgan fingerprint density at radius 2 is 2.25 bits per heavy atom. The predicted molar refractivity (Wildman–Crippen MR) is 31.5 cm³/mol. The molecule has 0 saturated heterocycles. The van der Waals surface area contributed by atoms with Gasteiger partial charge in [0.15, 0.2) is 0 Å². The second kappa shape index (κ2) is 2.09. The van der Waals surface area contributed by atoms with Gasteiger partial charge >= 0.3 is 0 Å². The predicted octanol–water partition coefficient (Wildman–Crippen LogP) is 1.31. The first-order valence-electron chi connectivity index (χ1n) is 2.08. The normalized spacial score (nSPS) is 9.25. The second-order valence-electron chi connectivity index (χ2n) is 1.33. The van der Waals surface area contributed by atoms with E-state index >= 15 is 0 Å². The molecule has 0 fully saturated rings.